The van der Waals surface area contributed by atoms with Crippen molar-refractivity contribution >= 4 is 16.5 Å². The van der Waals surface area contributed by atoms with Crippen LogP contribution in [0, 0.1) is 6.92 Å². The van der Waals surface area contributed by atoms with Crippen molar-refractivity contribution in [3.05, 3.63) is 33.6 Å². The molecule has 1 N–H and O–H groups in total. The van der Waals surface area contributed by atoms with E-state index in [1.54, 1.807) is 23.0 Å². The lowest BCUT2D eigenvalue weighted by molar-refractivity contribution is 0.820. The van der Waals surface area contributed by atoms with E-state index in [1.807, 2.05) is 24.4 Å². The number of unbranched alkanes of at least 4 members (excludes halogenated alkanes) is 1. The van der Waals surface area contributed by atoms with Crippen LogP contribution in [0.1, 0.15) is 25.5 Å². The number of thiazole rings is 1. The van der Waals surface area contributed by atoms with E-state index in [0.717, 1.165) is 35.9 Å². The van der Waals surface area contributed by atoms with Crippen LogP contribution in [0.3, 0.4) is 0 Å². The fraction of sp³-hybridized carbons (Fsp3) is 0.429. The van der Waals surface area contributed by atoms with Gasteiger partial charge in [0, 0.05) is 24.7 Å². The van der Waals surface area contributed by atoms with Crippen molar-refractivity contribution in [2.75, 3.05) is 11.9 Å². The molecule has 0 fully saturated rings. The fourth-order valence-electron chi connectivity index (χ4n) is 1.77. The topological polar surface area (TPSA) is 46.9 Å². The van der Waals surface area contributed by atoms with Gasteiger partial charge in [0.05, 0.1) is 11.3 Å². The third-order valence-electron chi connectivity index (χ3n) is 3.14. The lowest BCUT2D eigenvalue weighted by atomic mass is 10.2. The summed E-state index contributed by atoms with van der Waals surface area (Å²) in [5.74, 6) is 0. The van der Waals surface area contributed by atoms with Crippen LogP contribution in [0.15, 0.2) is 22.3 Å². The third-order valence-corrected chi connectivity index (χ3v) is 3.94. The quantitative estimate of drug-likeness (QED) is 0.855. The summed E-state index contributed by atoms with van der Waals surface area (Å²) in [5, 5.41) is 6.09. The van der Waals surface area contributed by atoms with Gasteiger partial charge in [0.15, 0.2) is 5.13 Å². The Balaban J connectivity index is 2.23. The molecule has 0 amide bonds. The van der Waals surface area contributed by atoms with Crippen molar-refractivity contribution in [3.63, 3.8) is 0 Å². The van der Waals surface area contributed by atoms with Crippen LogP contribution >= 0.6 is 11.3 Å². The second kappa shape index (κ2) is 6.02. The minimum absolute atomic E-state index is 0.00501. The molecule has 4 nitrogen and oxygen atoms in total. The number of aryl methyl sites for hydroxylation is 1. The van der Waals surface area contributed by atoms with Gasteiger partial charge < -0.3 is 9.88 Å². The van der Waals surface area contributed by atoms with E-state index in [0.29, 0.717) is 5.56 Å². The first-order valence-corrected chi connectivity index (χ1v) is 7.38. The van der Waals surface area contributed by atoms with Gasteiger partial charge in [0.2, 0.25) is 0 Å². The average molecular weight is 277 g/mol. The standard InChI is InChI=1S/C14H19N3OS/c1-4-5-8-15-14-16-12(9-19-14)11-7-6-10(2)17(3)13(11)18/h6-7,9H,4-5,8H2,1-3H3,(H,15,16). The van der Waals surface area contributed by atoms with Crippen LogP contribution < -0.4 is 10.9 Å². The predicted molar refractivity (Wildman–Crippen MR) is 80.9 cm³/mol. The first kappa shape index (κ1) is 13.8. The Kier molecular flexibility index (Phi) is 4.37. The molecule has 2 aromatic rings. The van der Waals surface area contributed by atoms with Gasteiger partial charge in [-0.1, -0.05) is 13.3 Å². The number of pyridine rings is 1. The monoisotopic (exact) mass is 277 g/mol. The summed E-state index contributed by atoms with van der Waals surface area (Å²) < 4.78 is 1.65. The lowest BCUT2D eigenvalue weighted by Crippen LogP contribution is -2.20. The number of aromatic nitrogens is 2. The van der Waals surface area contributed by atoms with Crippen LogP contribution in [0.2, 0.25) is 0 Å². The van der Waals surface area contributed by atoms with Gasteiger partial charge in [0.1, 0.15) is 0 Å². The summed E-state index contributed by atoms with van der Waals surface area (Å²) in [4.78, 5) is 16.6. The highest BCUT2D eigenvalue weighted by atomic mass is 32.1. The lowest BCUT2D eigenvalue weighted by Gasteiger charge is -2.04. The Morgan fingerprint density at radius 2 is 2.21 bits per heavy atom. The third kappa shape index (κ3) is 3.04. The summed E-state index contributed by atoms with van der Waals surface area (Å²) in [6.07, 6.45) is 2.28. The molecule has 0 bridgehead atoms. The molecule has 2 heterocycles. The average Bonchev–Trinajstić information content (AvgIpc) is 2.85. The zero-order valence-electron chi connectivity index (χ0n) is 11.6. The molecule has 0 saturated heterocycles. The first-order chi connectivity index (χ1) is 9.13. The van der Waals surface area contributed by atoms with Crippen LogP contribution in [-0.4, -0.2) is 16.1 Å². The molecule has 19 heavy (non-hydrogen) atoms. The smallest absolute Gasteiger partial charge is 0.259 e. The van der Waals surface area contributed by atoms with Gasteiger partial charge in [-0.15, -0.1) is 11.3 Å². The molecular formula is C14H19N3OS. The van der Waals surface area contributed by atoms with Gasteiger partial charge in [-0.25, -0.2) is 4.98 Å². The summed E-state index contributed by atoms with van der Waals surface area (Å²) in [5.41, 5.74) is 2.37. The number of nitrogens with one attached hydrogen (secondary N) is 1. The van der Waals surface area contributed by atoms with Crippen LogP contribution in [-0.2, 0) is 7.05 Å². The highest BCUT2D eigenvalue weighted by molar-refractivity contribution is 7.14. The molecule has 2 rings (SSSR count). The maximum absolute atomic E-state index is 12.2. The van der Waals surface area contributed by atoms with E-state index in [4.69, 9.17) is 0 Å². The highest BCUT2D eigenvalue weighted by Crippen LogP contribution is 2.22. The van der Waals surface area contributed by atoms with Crippen molar-refractivity contribution in [1.29, 1.82) is 0 Å². The molecular weight excluding hydrogens is 258 g/mol. The molecule has 0 spiro atoms. The highest BCUT2D eigenvalue weighted by Gasteiger charge is 2.09. The normalized spacial score (nSPS) is 10.7. The van der Waals surface area contributed by atoms with Gasteiger partial charge in [-0.05, 0) is 25.5 Å². The van der Waals surface area contributed by atoms with E-state index >= 15 is 0 Å². The number of hydrogen-bond donors (Lipinski definition) is 1. The van der Waals surface area contributed by atoms with Gasteiger partial charge in [0.25, 0.3) is 5.56 Å². The van der Waals surface area contributed by atoms with E-state index in [-0.39, 0.29) is 5.56 Å². The summed E-state index contributed by atoms with van der Waals surface area (Å²) in [6.45, 7) is 5.00. The van der Waals surface area contributed by atoms with Crippen molar-refractivity contribution in [3.8, 4) is 11.3 Å². The largest absolute Gasteiger partial charge is 0.362 e. The van der Waals surface area contributed by atoms with Gasteiger partial charge >= 0.3 is 0 Å². The van der Waals surface area contributed by atoms with Crippen LogP contribution in [0.4, 0.5) is 5.13 Å². The molecule has 0 radical (unpaired) electrons. The Morgan fingerprint density at radius 1 is 1.42 bits per heavy atom. The predicted octanol–water partition coefficient (Wildman–Crippen LogP) is 3.03. The minimum atomic E-state index is 0.00501. The molecule has 0 aromatic carbocycles. The Morgan fingerprint density at radius 3 is 2.95 bits per heavy atom. The second-order valence-corrected chi connectivity index (χ2v) is 5.43. The van der Waals surface area contributed by atoms with E-state index in [9.17, 15) is 4.79 Å². The molecule has 0 aliphatic carbocycles. The van der Waals surface area contributed by atoms with Gasteiger partial charge in [-0.2, -0.15) is 0 Å². The summed E-state index contributed by atoms with van der Waals surface area (Å²) in [6, 6.07) is 3.79. The Hall–Kier alpha value is -1.62. The molecule has 0 atom stereocenters. The van der Waals surface area contributed by atoms with Crippen molar-refractivity contribution in [1.82, 2.24) is 9.55 Å². The minimum Gasteiger partial charge on any atom is -0.362 e. The summed E-state index contributed by atoms with van der Waals surface area (Å²) >= 11 is 1.54. The molecule has 102 valence electrons. The Bertz CT molecular complexity index is 615. The number of hydrogen-bond acceptors (Lipinski definition) is 4. The van der Waals surface area contributed by atoms with Gasteiger partial charge in [-0.3, -0.25) is 4.79 Å². The maximum Gasteiger partial charge on any atom is 0.259 e. The zero-order valence-corrected chi connectivity index (χ0v) is 12.4. The van der Waals surface area contributed by atoms with Crippen molar-refractivity contribution in [2.45, 2.75) is 26.7 Å². The molecule has 0 unspecified atom stereocenters. The van der Waals surface area contributed by atoms with Crippen LogP contribution in [0.25, 0.3) is 11.3 Å². The van der Waals surface area contributed by atoms with Crippen molar-refractivity contribution in [2.24, 2.45) is 7.05 Å². The number of anilines is 1. The van der Waals surface area contributed by atoms with E-state index in [1.165, 1.54) is 0 Å². The first-order valence-electron chi connectivity index (χ1n) is 6.50. The summed E-state index contributed by atoms with van der Waals surface area (Å²) in [7, 11) is 1.79. The molecule has 5 heteroatoms. The molecule has 0 aliphatic rings. The maximum atomic E-state index is 12.2. The van der Waals surface area contributed by atoms with E-state index < -0.39 is 0 Å². The fourth-order valence-corrected chi connectivity index (χ4v) is 2.51. The van der Waals surface area contributed by atoms with Crippen LogP contribution in [0.5, 0.6) is 0 Å². The molecule has 2 aromatic heterocycles. The number of rotatable bonds is 5. The zero-order chi connectivity index (χ0) is 13.8. The van der Waals surface area contributed by atoms with E-state index in [2.05, 4.69) is 17.2 Å². The molecule has 0 saturated carbocycles. The Labute approximate surface area is 117 Å². The number of nitrogens with zero attached hydrogens (tertiary/aromatic N) is 2. The molecule has 0 aliphatic heterocycles. The SMILES string of the molecule is CCCCNc1nc(-c2ccc(C)n(C)c2=O)cs1. The second-order valence-electron chi connectivity index (χ2n) is 4.57. The van der Waals surface area contributed by atoms with Crippen molar-refractivity contribution < 1.29 is 0 Å².